The summed E-state index contributed by atoms with van der Waals surface area (Å²) in [6.07, 6.45) is 1.12. The van der Waals surface area contributed by atoms with Gasteiger partial charge in [-0.05, 0) is 45.0 Å². The minimum Gasteiger partial charge on any atom is -0.389 e. The smallest absolute Gasteiger partial charge is 0.136 e. The Labute approximate surface area is 120 Å². The van der Waals surface area contributed by atoms with Crippen LogP contribution in [0.1, 0.15) is 24.6 Å². The quantitative estimate of drug-likeness (QED) is 0.825. The van der Waals surface area contributed by atoms with Crippen molar-refractivity contribution in [1.29, 1.82) is 0 Å². The molecule has 0 aromatic carbocycles. The number of rotatable bonds is 3. The molecule has 0 bridgehead atoms. The molecule has 1 aromatic rings. The number of pyridine rings is 1. The molecule has 0 spiro atoms. The molecule has 3 N–H and O–H groups in total. The normalized spacial score (nSPS) is 24.2. The van der Waals surface area contributed by atoms with Crippen LogP contribution in [0.15, 0.2) is 12.1 Å². The van der Waals surface area contributed by atoms with Gasteiger partial charge in [-0.25, -0.2) is 4.98 Å². The number of nitrogens with zero attached hydrogens (tertiary/aromatic N) is 2. The Morgan fingerprint density at radius 1 is 1.53 bits per heavy atom. The van der Waals surface area contributed by atoms with E-state index in [-0.39, 0.29) is 0 Å². The predicted molar refractivity (Wildman–Crippen MR) is 83.6 cm³/mol. The summed E-state index contributed by atoms with van der Waals surface area (Å²) in [5, 5.41) is 3.54. The van der Waals surface area contributed by atoms with E-state index < -0.39 is 0 Å². The monoisotopic (exact) mass is 278 g/mol. The molecule has 2 atom stereocenters. The molecule has 0 amide bonds. The summed E-state index contributed by atoms with van der Waals surface area (Å²) in [5.74, 6) is 1.41. The van der Waals surface area contributed by atoms with Gasteiger partial charge in [0.1, 0.15) is 10.8 Å². The summed E-state index contributed by atoms with van der Waals surface area (Å²) in [5.41, 5.74) is 7.58. The molecular weight excluding hydrogens is 256 g/mol. The van der Waals surface area contributed by atoms with Crippen LogP contribution in [0.4, 0.5) is 5.82 Å². The number of aryl methyl sites for hydroxylation is 1. The largest absolute Gasteiger partial charge is 0.389 e. The van der Waals surface area contributed by atoms with Gasteiger partial charge in [0.15, 0.2) is 0 Å². The second kappa shape index (κ2) is 5.84. The van der Waals surface area contributed by atoms with Gasteiger partial charge < -0.3 is 16.0 Å². The van der Waals surface area contributed by atoms with Crippen LogP contribution in [0.5, 0.6) is 0 Å². The fourth-order valence-electron chi connectivity index (χ4n) is 2.61. The molecule has 5 heteroatoms. The molecule has 0 saturated carbocycles. The zero-order valence-electron chi connectivity index (χ0n) is 11.8. The number of likely N-dealkylation sites (tertiary alicyclic amines) is 1. The Bertz CT molecular complexity index is 475. The highest BCUT2D eigenvalue weighted by molar-refractivity contribution is 7.80. The van der Waals surface area contributed by atoms with Crippen molar-refractivity contribution in [3.05, 3.63) is 23.4 Å². The van der Waals surface area contributed by atoms with Crippen molar-refractivity contribution in [2.45, 2.75) is 26.3 Å². The van der Waals surface area contributed by atoms with Gasteiger partial charge in [-0.3, -0.25) is 0 Å². The number of thiocarbonyl (C=S) groups is 1. The van der Waals surface area contributed by atoms with E-state index >= 15 is 0 Å². The van der Waals surface area contributed by atoms with E-state index in [4.69, 9.17) is 18.0 Å². The SMILES string of the molecule is Cc1ccc(C(N)=S)c(NC2CCN(C)CC2C)n1. The second-order valence-corrected chi connectivity index (χ2v) is 5.93. The number of hydrogen-bond donors (Lipinski definition) is 2. The molecule has 2 unspecified atom stereocenters. The Morgan fingerprint density at radius 3 is 2.89 bits per heavy atom. The number of nitrogens with one attached hydrogen (secondary N) is 1. The molecule has 1 fully saturated rings. The zero-order chi connectivity index (χ0) is 14.0. The van der Waals surface area contributed by atoms with Gasteiger partial charge in [0.05, 0.1) is 5.56 Å². The highest BCUT2D eigenvalue weighted by Gasteiger charge is 2.25. The van der Waals surface area contributed by atoms with Crippen molar-refractivity contribution in [3.8, 4) is 0 Å². The molecule has 104 valence electrons. The van der Waals surface area contributed by atoms with Crippen LogP contribution in [0.25, 0.3) is 0 Å². The fourth-order valence-corrected chi connectivity index (χ4v) is 2.77. The Morgan fingerprint density at radius 2 is 2.26 bits per heavy atom. The minimum absolute atomic E-state index is 0.399. The molecule has 1 aromatic heterocycles. The van der Waals surface area contributed by atoms with Gasteiger partial charge in [0, 0.05) is 18.3 Å². The molecule has 4 nitrogen and oxygen atoms in total. The van der Waals surface area contributed by atoms with Crippen LogP contribution in [-0.2, 0) is 0 Å². The minimum atomic E-state index is 0.399. The Hall–Kier alpha value is -1.20. The highest BCUT2D eigenvalue weighted by atomic mass is 32.1. The first-order chi connectivity index (χ1) is 8.97. The molecule has 2 heterocycles. The summed E-state index contributed by atoms with van der Waals surface area (Å²) in [7, 11) is 2.16. The van der Waals surface area contributed by atoms with Crippen LogP contribution >= 0.6 is 12.2 Å². The number of aromatic nitrogens is 1. The topological polar surface area (TPSA) is 54.2 Å². The maximum atomic E-state index is 5.77. The number of hydrogen-bond acceptors (Lipinski definition) is 4. The van der Waals surface area contributed by atoms with Crippen molar-refractivity contribution >= 4 is 23.0 Å². The van der Waals surface area contributed by atoms with Crippen LogP contribution in [-0.4, -0.2) is 41.1 Å². The Kier molecular flexibility index (Phi) is 4.37. The third-order valence-corrected chi connectivity index (χ3v) is 3.95. The fraction of sp³-hybridized carbons (Fsp3) is 0.571. The van der Waals surface area contributed by atoms with Crippen molar-refractivity contribution < 1.29 is 0 Å². The van der Waals surface area contributed by atoms with E-state index in [0.29, 0.717) is 16.9 Å². The summed E-state index contributed by atoms with van der Waals surface area (Å²) >= 11 is 5.10. The first kappa shape index (κ1) is 14.2. The Balaban J connectivity index is 2.18. The molecule has 1 aliphatic rings. The van der Waals surface area contributed by atoms with Crippen LogP contribution in [0.2, 0.25) is 0 Å². The van der Waals surface area contributed by atoms with E-state index in [0.717, 1.165) is 36.6 Å². The van der Waals surface area contributed by atoms with Crippen LogP contribution in [0.3, 0.4) is 0 Å². The van der Waals surface area contributed by atoms with Gasteiger partial charge >= 0.3 is 0 Å². The van der Waals surface area contributed by atoms with Crippen molar-refractivity contribution in [1.82, 2.24) is 9.88 Å². The van der Waals surface area contributed by atoms with E-state index in [1.165, 1.54) is 0 Å². The average Bonchev–Trinajstić information content (AvgIpc) is 2.32. The lowest BCUT2D eigenvalue weighted by atomic mass is 9.94. The standard InChI is InChI=1S/C14H22N4S/c1-9-8-18(3)7-6-12(9)17-14-11(13(15)19)5-4-10(2)16-14/h4-5,9,12H,6-8H2,1-3H3,(H2,15,19)(H,16,17). The van der Waals surface area contributed by atoms with Crippen molar-refractivity contribution in [2.24, 2.45) is 11.7 Å². The van der Waals surface area contributed by atoms with Gasteiger partial charge in [-0.15, -0.1) is 0 Å². The summed E-state index contributed by atoms with van der Waals surface area (Å²) < 4.78 is 0. The van der Waals surface area contributed by atoms with Crippen molar-refractivity contribution in [3.63, 3.8) is 0 Å². The van der Waals surface area contributed by atoms with Gasteiger partial charge in [0.2, 0.25) is 0 Å². The molecule has 0 radical (unpaired) electrons. The summed E-state index contributed by atoms with van der Waals surface area (Å²) in [6.45, 7) is 6.46. The molecule has 0 aliphatic carbocycles. The molecule has 1 saturated heterocycles. The van der Waals surface area contributed by atoms with Gasteiger partial charge in [0.25, 0.3) is 0 Å². The molecule has 1 aliphatic heterocycles. The van der Waals surface area contributed by atoms with Crippen molar-refractivity contribution in [2.75, 3.05) is 25.5 Å². The first-order valence-electron chi connectivity index (χ1n) is 6.70. The molecular formula is C14H22N4S. The lowest BCUT2D eigenvalue weighted by Crippen LogP contribution is -2.43. The van der Waals surface area contributed by atoms with Gasteiger partial charge in [-0.1, -0.05) is 19.1 Å². The predicted octanol–water partition coefficient (Wildman–Crippen LogP) is 1.78. The van der Waals surface area contributed by atoms with Crippen LogP contribution < -0.4 is 11.1 Å². The maximum absolute atomic E-state index is 5.77. The first-order valence-corrected chi connectivity index (χ1v) is 7.10. The summed E-state index contributed by atoms with van der Waals surface area (Å²) in [6, 6.07) is 4.32. The third-order valence-electron chi connectivity index (χ3n) is 3.73. The second-order valence-electron chi connectivity index (χ2n) is 5.49. The number of anilines is 1. The molecule has 2 rings (SSSR count). The zero-order valence-corrected chi connectivity index (χ0v) is 12.6. The van der Waals surface area contributed by atoms with E-state index in [1.54, 1.807) is 0 Å². The van der Waals surface area contributed by atoms with E-state index in [1.807, 2.05) is 19.1 Å². The third kappa shape index (κ3) is 3.42. The van der Waals surface area contributed by atoms with E-state index in [9.17, 15) is 0 Å². The number of nitrogens with two attached hydrogens (primary N) is 1. The van der Waals surface area contributed by atoms with Crippen LogP contribution in [0, 0.1) is 12.8 Å². The summed E-state index contributed by atoms with van der Waals surface area (Å²) in [4.78, 5) is 7.31. The van der Waals surface area contributed by atoms with Gasteiger partial charge in [-0.2, -0.15) is 0 Å². The maximum Gasteiger partial charge on any atom is 0.136 e. The number of piperidine rings is 1. The van der Waals surface area contributed by atoms with E-state index in [2.05, 4.69) is 29.2 Å². The average molecular weight is 278 g/mol. The lowest BCUT2D eigenvalue weighted by Gasteiger charge is -2.35. The highest BCUT2D eigenvalue weighted by Crippen LogP contribution is 2.22. The lowest BCUT2D eigenvalue weighted by molar-refractivity contribution is 0.206. The molecule has 19 heavy (non-hydrogen) atoms.